The van der Waals surface area contributed by atoms with Gasteiger partial charge in [-0.3, -0.25) is 9.80 Å². The Morgan fingerprint density at radius 1 is 1.33 bits per heavy atom. The first-order valence-corrected chi connectivity index (χ1v) is 4.57. The summed E-state index contributed by atoms with van der Waals surface area (Å²) < 4.78 is 0. The normalized spacial score (nSPS) is 10.9. The lowest BCUT2D eigenvalue weighted by Crippen LogP contribution is -2.49. The summed E-state index contributed by atoms with van der Waals surface area (Å²) in [5.74, 6) is 0.152. The largest absolute Gasteiger partial charge is 0.275 e. The fourth-order valence-electron chi connectivity index (χ4n) is 0.958. The summed E-state index contributed by atoms with van der Waals surface area (Å²) in [4.78, 5) is 11.4. The number of amides is 1. The number of hydrazine groups is 1. The van der Waals surface area contributed by atoms with Crippen LogP contribution in [-0.4, -0.2) is 23.0 Å². The van der Waals surface area contributed by atoms with Gasteiger partial charge in [-0.25, -0.2) is 5.43 Å². The van der Waals surface area contributed by atoms with Gasteiger partial charge in [0.25, 0.3) is 0 Å². The Hall–Kier alpha value is -0.570. The number of rotatable bonds is 4. The van der Waals surface area contributed by atoms with Crippen LogP contribution in [0, 0.1) is 0 Å². The molecule has 0 aromatic carbocycles. The average Bonchev–Trinajstić information content (AvgIpc) is 1.98. The third-order valence-electron chi connectivity index (χ3n) is 1.48. The van der Waals surface area contributed by atoms with Crippen LogP contribution in [0.1, 0.15) is 41.0 Å². The van der Waals surface area contributed by atoms with E-state index in [0.29, 0.717) is 12.5 Å². The Morgan fingerprint density at radius 2 is 1.83 bits per heavy atom. The van der Waals surface area contributed by atoms with Crippen molar-refractivity contribution >= 4 is 5.91 Å². The summed E-state index contributed by atoms with van der Waals surface area (Å²) in [7, 11) is 0. The molecule has 0 fully saturated rings. The fourth-order valence-corrected chi connectivity index (χ4v) is 0.958. The van der Waals surface area contributed by atoms with E-state index in [1.54, 1.807) is 5.01 Å². The zero-order valence-corrected chi connectivity index (χ0v) is 8.72. The van der Waals surface area contributed by atoms with E-state index in [4.69, 9.17) is 0 Å². The second kappa shape index (κ2) is 5.14. The summed E-state index contributed by atoms with van der Waals surface area (Å²) in [6.07, 6.45) is 0.553. The molecule has 3 nitrogen and oxygen atoms in total. The highest BCUT2D eigenvalue weighted by Crippen LogP contribution is 1.98. The van der Waals surface area contributed by atoms with E-state index in [0.717, 1.165) is 0 Å². The molecule has 0 saturated heterocycles. The molecule has 0 aliphatic carbocycles. The van der Waals surface area contributed by atoms with E-state index in [1.165, 1.54) is 0 Å². The summed E-state index contributed by atoms with van der Waals surface area (Å²) in [6, 6.07) is 0.530. The Bertz CT molecular complexity index is 143. The Labute approximate surface area is 75.1 Å². The molecule has 3 heteroatoms. The lowest BCUT2D eigenvalue weighted by Gasteiger charge is -2.29. The van der Waals surface area contributed by atoms with Gasteiger partial charge >= 0.3 is 0 Å². The first-order valence-electron chi connectivity index (χ1n) is 4.57. The van der Waals surface area contributed by atoms with Gasteiger partial charge in [0.2, 0.25) is 5.91 Å². The summed E-state index contributed by atoms with van der Waals surface area (Å²) in [6.45, 7) is 9.93. The van der Waals surface area contributed by atoms with Crippen molar-refractivity contribution in [2.45, 2.75) is 53.1 Å². The predicted octanol–water partition coefficient (Wildman–Crippen LogP) is 1.55. The van der Waals surface area contributed by atoms with Crippen molar-refractivity contribution < 1.29 is 4.79 Å². The minimum absolute atomic E-state index is 0.152. The number of nitrogens with zero attached hydrogens (tertiary/aromatic N) is 1. The monoisotopic (exact) mass is 172 g/mol. The molecule has 0 aromatic rings. The minimum atomic E-state index is 0.152. The molecule has 0 bridgehead atoms. The van der Waals surface area contributed by atoms with Crippen LogP contribution in [0.2, 0.25) is 0 Å². The highest BCUT2D eigenvalue weighted by molar-refractivity contribution is 5.75. The van der Waals surface area contributed by atoms with Crippen LogP contribution in [0.5, 0.6) is 0 Å². The molecule has 0 rings (SSSR count). The first-order chi connectivity index (χ1) is 5.49. The maximum atomic E-state index is 11.4. The molecule has 0 spiro atoms. The SMILES string of the molecule is CCC(=O)N(NC(C)C)C(C)C. The maximum absolute atomic E-state index is 11.4. The van der Waals surface area contributed by atoms with Crippen molar-refractivity contribution in [3.63, 3.8) is 0 Å². The minimum Gasteiger partial charge on any atom is -0.275 e. The van der Waals surface area contributed by atoms with Crippen molar-refractivity contribution in [2.75, 3.05) is 0 Å². The van der Waals surface area contributed by atoms with E-state index < -0.39 is 0 Å². The van der Waals surface area contributed by atoms with Gasteiger partial charge in [-0.05, 0) is 27.7 Å². The number of carbonyl (C=O) groups excluding carboxylic acids is 1. The van der Waals surface area contributed by atoms with Crippen molar-refractivity contribution in [1.29, 1.82) is 0 Å². The van der Waals surface area contributed by atoms with Gasteiger partial charge in [-0.1, -0.05) is 6.92 Å². The van der Waals surface area contributed by atoms with Crippen LogP contribution in [-0.2, 0) is 4.79 Å². The van der Waals surface area contributed by atoms with Gasteiger partial charge in [0, 0.05) is 18.5 Å². The molecule has 0 aromatic heterocycles. The first kappa shape index (κ1) is 11.4. The zero-order chi connectivity index (χ0) is 9.72. The average molecular weight is 172 g/mol. The van der Waals surface area contributed by atoms with E-state index >= 15 is 0 Å². The molecule has 72 valence electrons. The maximum Gasteiger partial charge on any atom is 0.236 e. The summed E-state index contributed by atoms with van der Waals surface area (Å²) >= 11 is 0. The molecule has 1 amide bonds. The molecule has 12 heavy (non-hydrogen) atoms. The summed E-state index contributed by atoms with van der Waals surface area (Å²) in [5.41, 5.74) is 3.11. The Morgan fingerprint density at radius 3 is 2.08 bits per heavy atom. The molecule has 0 radical (unpaired) electrons. The number of hydrogen-bond donors (Lipinski definition) is 1. The highest BCUT2D eigenvalue weighted by Gasteiger charge is 2.15. The van der Waals surface area contributed by atoms with E-state index in [9.17, 15) is 4.79 Å². The number of carbonyl (C=O) groups is 1. The van der Waals surface area contributed by atoms with Gasteiger partial charge < -0.3 is 0 Å². The molecule has 0 aliphatic heterocycles. The van der Waals surface area contributed by atoms with Gasteiger partial charge in [-0.2, -0.15) is 0 Å². The second-order valence-corrected chi connectivity index (χ2v) is 3.49. The van der Waals surface area contributed by atoms with Crippen LogP contribution in [0.4, 0.5) is 0 Å². The molecule has 0 unspecified atom stereocenters. The smallest absolute Gasteiger partial charge is 0.236 e. The third-order valence-corrected chi connectivity index (χ3v) is 1.48. The molecule has 0 atom stereocenters. The lowest BCUT2D eigenvalue weighted by atomic mass is 10.3. The fraction of sp³-hybridized carbons (Fsp3) is 0.889. The Kier molecular flexibility index (Phi) is 4.90. The Balaban J connectivity index is 4.13. The molecular formula is C9H20N2O. The van der Waals surface area contributed by atoms with Crippen molar-refractivity contribution in [1.82, 2.24) is 10.4 Å². The van der Waals surface area contributed by atoms with Crippen LogP contribution in [0.15, 0.2) is 0 Å². The molecule has 0 heterocycles. The molecule has 1 N–H and O–H groups in total. The van der Waals surface area contributed by atoms with Gasteiger partial charge in [0.05, 0.1) is 0 Å². The molecule has 0 saturated carbocycles. The quantitative estimate of drug-likeness (QED) is 0.652. The van der Waals surface area contributed by atoms with Crippen LogP contribution >= 0.6 is 0 Å². The second-order valence-electron chi connectivity index (χ2n) is 3.49. The zero-order valence-electron chi connectivity index (χ0n) is 8.72. The van der Waals surface area contributed by atoms with Gasteiger partial charge in [-0.15, -0.1) is 0 Å². The van der Waals surface area contributed by atoms with Crippen LogP contribution in [0.25, 0.3) is 0 Å². The summed E-state index contributed by atoms with van der Waals surface area (Å²) in [5, 5.41) is 1.70. The van der Waals surface area contributed by atoms with Gasteiger partial charge in [0.15, 0.2) is 0 Å². The van der Waals surface area contributed by atoms with E-state index in [1.807, 2.05) is 34.6 Å². The number of hydrogen-bond acceptors (Lipinski definition) is 2. The van der Waals surface area contributed by atoms with Crippen molar-refractivity contribution in [3.05, 3.63) is 0 Å². The van der Waals surface area contributed by atoms with E-state index in [2.05, 4.69) is 5.43 Å². The lowest BCUT2D eigenvalue weighted by molar-refractivity contribution is -0.136. The van der Waals surface area contributed by atoms with Crippen molar-refractivity contribution in [3.8, 4) is 0 Å². The molecule has 0 aliphatic rings. The number of nitrogens with one attached hydrogen (secondary N) is 1. The van der Waals surface area contributed by atoms with Crippen LogP contribution < -0.4 is 5.43 Å². The topological polar surface area (TPSA) is 32.3 Å². The van der Waals surface area contributed by atoms with Gasteiger partial charge in [0.1, 0.15) is 0 Å². The predicted molar refractivity (Wildman–Crippen MR) is 50.5 cm³/mol. The van der Waals surface area contributed by atoms with Crippen molar-refractivity contribution in [2.24, 2.45) is 0 Å². The van der Waals surface area contributed by atoms with Crippen LogP contribution in [0.3, 0.4) is 0 Å². The standard InChI is InChI=1S/C9H20N2O/c1-6-9(12)11(8(4)5)10-7(2)3/h7-8,10H,6H2,1-5H3. The highest BCUT2D eigenvalue weighted by atomic mass is 16.2. The molecular weight excluding hydrogens is 152 g/mol. The van der Waals surface area contributed by atoms with E-state index in [-0.39, 0.29) is 11.9 Å². The third kappa shape index (κ3) is 3.72.